The highest BCUT2D eigenvalue weighted by molar-refractivity contribution is 5.86. The third kappa shape index (κ3) is 5.39. The molecule has 1 aromatic heterocycles. The fourth-order valence-electron chi connectivity index (χ4n) is 3.65. The predicted octanol–water partition coefficient (Wildman–Crippen LogP) is 3.48. The molecule has 1 saturated heterocycles. The van der Waals surface area contributed by atoms with Crippen LogP contribution in [0.25, 0.3) is 0 Å². The van der Waals surface area contributed by atoms with Gasteiger partial charge in [0.15, 0.2) is 5.54 Å². The summed E-state index contributed by atoms with van der Waals surface area (Å²) < 4.78 is 5.55. The number of carbonyl (C=O) groups excluding carboxylic acids is 1. The molecule has 31 heavy (non-hydrogen) atoms. The summed E-state index contributed by atoms with van der Waals surface area (Å²) in [5.74, 6) is -1.14. The van der Waals surface area contributed by atoms with Gasteiger partial charge in [0.2, 0.25) is 0 Å². The van der Waals surface area contributed by atoms with Gasteiger partial charge < -0.3 is 9.84 Å². The molecule has 1 fully saturated rings. The van der Waals surface area contributed by atoms with Crippen LogP contribution in [0.4, 0.5) is 4.79 Å². The lowest BCUT2D eigenvalue weighted by molar-refractivity contribution is -0.157. The standard InChI is InChI=1S/C23H29N3O5/c1-22(2,3)31-21(29)26-15-18(25-30-16-17-9-5-4-6-10-17)12-13-23(26,20(27)28)19-11-7-8-14-24-19/h4-11,14,18,25H,12-13,15-16H2,1-3H3,(H,27,28)/t18-,23+/m1/s1. The molecule has 1 aliphatic heterocycles. The predicted molar refractivity (Wildman–Crippen MR) is 114 cm³/mol. The van der Waals surface area contributed by atoms with Crippen molar-refractivity contribution >= 4 is 12.1 Å². The van der Waals surface area contributed by atoms with Crippen LogP contribution >= 0.6 is 0 Å². The normalized spacial score (nSPS) is 21.5. The van der Waals surface area contributed by atoms with E-state index in [-0.39, 0.29) is 19.0 Å². The smallest absolute Gasteiger partial charge is 0.411 e. The first kappa shape index (κ1) is 22.7. The van der Waals surface area contributed by atoms with Gasteiger partial charge in [-0.25, -0.2) is 9.59 Å². The first-order valence-electron chi connectivity index (χ1n) is 10.3. The summed E-state index contributed by atoms with van der Waals surface area (Å²) in [4.78, 5) is 36.8. The van der Waals surface area contributed by atoms with E-state index in [2.05, 4.69) is 10.5 Å². The Morgan fingerprint density at radius 2 is 1.90 bits per heavy atom. The zero-order valence-corrected chi connectivity index (χ0v) is 18.1. The number of carbonyl (C=O) groups is 2. The molecular weight excluding hydrogens is 398 g/mol. The van der Waals surface area contributed by atoms with E-state index in [1.807, 2.05) is 30.3 Å². The number of piperidine rings is 1. The Kier molecular flexibility index (Phi) is 6.92. The molecule has 8 nitrogen and oxygen atoms in total. The highest BCUT2D eigenvalue weighted by Crippen LogP contribution is 2.38. The number of hydrogen-bond donors (Lipinski definition) is 2. The number of carboxylic acid groups (broad SMARTS) is 1. The number of aliphatic carboxylic acids is 1. The summed E-state index contributed by atoms with van der Waals surface area (Å²) in [6.45, 7) is 5.70. The maximum atomic E-state index is 13.1. The molecule has 1 aliphatic rings. The number of likely N-dealkylation sites (tertiary alicyclic amines) is 1. The van der Waals surface area contributed by atoms with Gasteiger partial charge in [-0.3, -0.25) is 14.7 Å². The number of benzene rings is 1. The summed E-state index contributed by atoms with van der Waals surface area (Å²) in [6.07, 6.45) is 1.48. The Morgan fingerprint density at radius 1 is 1.19 bits per heavy atom. The SMILES string of the molecule is CC(C)(C)OC(=O)N1C[C@H](NOCc2ccccc2)CC[C@@]1(C(=O)O)c1ccccn1. The second-order valence-electron chi connectivity index (χ2n) is 8.60. The van der Waals surface area contributed by atoms with Gasteiger partial charge in [0, 0.05) is 12.7 Å². The Labute approximate surface area is 182 Å². The van der Waals surface area contributed by atoms with Crippen LogP contribution in [-0.4, -0.2) is 45.2 Å². The first-order chi connectivity index (χ1) is 14.7. The van der Waals surface area contributed by atoms with Crippen LogP contribution in [0, 0.1) is 0 Å². The van der Waals surface area contributed by atoms with Crippen molar-refractivity contribution in [1.29, 1.82) is 0 Å². The maximum Gasteiger partial charge on any atom is 0.411 e. The monoisotopic (exact) mass is 427 g/mol. The number of aromatic nitrogens is 1. The summed E-state index contributed by atoms with van der Waals surface area (Å²) in [6, 6.07) is 14.5. The minimum atomic E-state index is -1.61. The van der Waals surface area contributed by atoms with Crippen molar-refractivity contribution < 1.29 is 24.3 Å². The third-order valence-electron chi connectivity index (χ3n) is 5.11. The van der Waals surface area contributed by atoms with Crippen molar-refractivity contribution in [3.05, 3.63) is 66.0 Å². The quantitative estimate of drug-likeness (QED) is 0.681. The molecule has 0 spiro atoms. The molecule has 0 saturated carbocycles. The molecule has 0 aliphatic carbocycles. The molecule has 0 bridgehead atoms. The van der Waals surface area contributed by atoms with Gasteiger partial charge in [-0.2, -0.15) is 5.48 Å². The highest BCUT2D eigenvalue weighted by atomic mass is 16.6. The van der Waals surface area contributed by atoms with Crippen LogP contribution in [0.5, 0.6) is 0 Å². The second-order valence-corrected chi connectivity index (χ2v) is 8.60. The molecule has 1 aromatic carbocycles. The van der Waals surface area contributed by atoms with Gasteiger partial charge in [-0.1, -0.05) is 36.4 Å². The minimum absolute atomic E-state index is 0.104. The maximum absolute atomic E-state index is 13.1. The van der Waals surface area contributed by atoms with E-state index in [1.165, 1.54) is 11.1 Å². The van der Waals surface area contributed by atoms with E-state index in [0.717, 1.165) is 5.56 Å². The number of carboxylic acids is 1. The van der Waals surface area contributed by atoms with Crippen LogP contribution in [-0.2, 0) is 26.5 Å². The Bertz CT molecular complexity index is 885. The van der Waals surface area contributed by atoms with E-state index in [0.29, 0.717) is 18.7 Å². The topological polar surface area (TPSA) is 101 Å². The van der Waals surface area contributed by atoms with Crippen molar-refractivity contribution in [1.82, 2.24) is 15.4 Å². The molecule has 2 aromatic rings. The van der Waals surface area contributed by atoms with Crippen molar-refractivity contribution in [2.45, 2.75) is 57.4 Å². The van der Waals surface area contributed by atoms with Crippen molar-refractivity contribution in [2.24, 2.45) is 0 Å². The minimum Gasteiger partial charge on any atom is -0.479 e. The lowest BCUT2D eigenvalue weighted by atomic mass is 9.82. The average molecular weight is 428 g/mol. The first-order valence-corrected chi connectivity index (χ1v) is 10.3. The number of rotatable bonds is 6. The number of nitrogens with one attached hydrogen (secondary N) is 1. The highest BCUT2D eigenvalue weighted by Gasteiger charge is 2.53. The molecule has 3 rings (SSSR count). The second kappa shape index (κ2) is 9.45. The fourth-order valence-corrected chi connectivity index (χ4v) is 3.65. The Morgan fingerprint density at radius 3 is 2.52 bits per heavy atom. The van der Waals surface area contributed by atoms with Gasteiger partial charge in [-0.15, -0.1) is 0 Å². The molecule has 166 valence electrons. The number of nitrogens with zero attached hydrogens (tertiary/aromatic N) is 2. The molecule has 2 N–H and O–H groups in total. The molecule has 1 amide bonds. The van der Waals surface area contributed by atoms with E-state index in [9.17, 15) is 14.7 Å². The van der Waals surface area contributed by atoms with Crippen molar-refractivity contribution in [2.75, 3.05) is 6.54 Å². The van der Waals surface area contributed by atoms with Crippen LogP contribution in [0.1, 0.15) is 44.9 Å². The number of ether oxygens (including phenoxy) is 1. The van der Waals surface area contributed by atoms with E-state index >= 15 is 0 Å². The van der Waals surface area contributed by atoms with Crippen LogP contribution in [0.3, 0.4) is 0 Å². The van der Waals surface area contributed by atoms with Gasteiger partial charge in [0.25, 0.3) is 0 Å². The van der Waals surface area contributed by atoms with Gasteiger partial charge in [0.05, 0.1) is 18.3 Å². The number of hydrogen-bond acceptors (Lipinski definition) is 6. The van der Waals surface area contributed by atoms with E-state index in [1.54, 1.807) is 39.0 Å². The van der Waals surface area contributed by atoms with E-state index < -0.39 is 23.2 Å². The van der Waals surface area contributed by atoms with Crippen molar-refractivity contribution in [3.8, 4) is 0 Å². The Balaban J connectivity index is 1.81. The number of pyridine rings is 1. The van der Waals surface area contributed by atoms with Gasteiger partial charge in [-0.05, 0) is 51.3 Å². The number of hydroxylamine groups is 1. The summed E-state index contributed by atoms with van der Waals surface area (Å²) in [5.41, 5.74) is 1.91. The zero-order valence-electron chi connectivity index (χ0n) is 18.1. The lowest BCUT2D eigenvalue weighted by Gasteiger charge is -2.46. The van der Waals surface area contributed by atoms with Crippen LogP contribution in [0.2, 0.25) is 0 Å². The molecule has 8 heteroatoms. The molecular formula is C23H29N3O5. The van der Waals surface area contributed by atoms with Crippen LogP contribution in [0.15, 0.2) is 54.7 Å². The van der Waals surface area contributed by atoms with Gasteiger partial charge in [0.1, 0.15) is 5.60 Å². The largest absolute Gasteiger partial charge is 0.479 e. The van der Waals surface area contributed by atoms with Crippen LogP contribution < -0.4 is 5.48 Å². The molecule has 2 atom stereocenters. The third-order valence-corrected chi connectivity index (χ3v) is 5.11. The summed E-state index contributed by atoms with van der Waals surface area (Å²) >= 11 is 0. The van der Waals surface area contributed by atoms with Crippen molar-refractivity contribution in [3.63, 3.8) is 0 Å². The van der Waals surface area contributed by atoms with Gasteiger partial charge >= 0.3 is 12.1 Å². The fraction of sp³-hybridized carbons (Fsp3) is 0.435. The zero-order chi connectivity index (χ0) is 22.5. The summed E-state index contributed by atoms with van der Waals surface area (Å²) in [7, 11) is 0. The molecule has 0 radical (unpaired) electrons. The summed E-state index contributed by atoms with van der Waals surface area (Å²) in [5, 5.41) is 10.2. The lowest BCUT2D eigenvalue weighted by Crippen LogP contribution is -2.62. The average Bonchev–Trinajstić information content (AvgIpc) is 2.73. The molecule has 2 heterocycles. The molecule has 0 unspecified atom stereocenters. The van der Waals surface area contributed by atoms with E-state index in [4.69, 9.17) is 9.57 Å². The Hall–Kier alpha value is -2.97. The number of amides is 1.